The van der Waals surface area contributed by atoms with Crippen molar-refractivity contribution in [1.82, 2.24) is 5.32 Å². The molecule has 2 bridgehead atoms. The fraction of sp³-hybridized carbons (Fsp3) is 0.529. The lowest BCUT2D eigenvalue weighted by molar-refractivity contribution is -0.149. The van der Waals surface area contributed by atoms with E-state index in [0.29, 0.717) is 12.3 Å². The van der Waals surface area contributed by atoms with Crippen LogP contribution in [0.25, 0.3) is 0 Å². The standard InChI is InChI=1S/C17H21NO4/c19-15(20)14-10-12-6-8-17(14,9-7-12)18-16(21)22-11-13-4-2-1-3-5-13/h1-5,12,14H,6-11H2,(H,18,21)(H,19,20)/t12?,14-,17?/m0/s1. The van der Waals surface area contributed by atoms with E-state index in [-0.39, 0.29) is 6.61 Å². The molecule has 1 atom stereocenters. The van der Waals surface area contributed by atoms with Gasteiger partial charge in [0.15, 0.2) is 0 Å². The van der Waals surface area contributed by atoms with Crippen LogP contribution >= 0.6 is 0 Å². The number of carbonyl (C=O) groups excluding carboxylic acids is 1. The van der Waals surface area contributed by atoms with Gasteiger partial charge in [0.2, 0.25) is 0 Å². The van der Waals surface area contributed by atoms with Crippen molar-refractivity contribution in [3.05, 3.63) is 35.9 Å². The number of carboxylic acids is 1. The molecule has 5 heteroatoms. The number of alkyl carbamates (subject to hydrolysis) is 1. The minimum Gasteiger partial charge on any atom is -0.481 e. The van der Waals surface area contributed by atoms with Crippen LogP contribution < -0.4 is 5.32 Å². The Morgan fingerprint density at radius 2 is 1.91 bits per heavy atom. The van der Waals surface area contributed by atoms with E-state index < -0.39 is 23.5 Å². The summed E-state index contributed by atoms with van der Waals surface area (Å²) in [6.07, 6.45) is 3.58. The zero-order valence-electron chi connectivity index (χ0n) is 12.5. The van der Waals surface area contributed by atoms with Crippen molar-refractivity contribution in [3.63, 3.8) is 0 Å². The van der Waals surface area contributed by atoms with Crippen molar-refractivity contribution >= 4 is 12.1 Å². The molecule has 1 aromatic rings. The average Bonchev–Trinajstić information content (AvgIpc) is 2.54. The molecule has 3 aliphatic rings. The number of hydrogen-bond acceptors (Lipinski definition) is 3. The van der Waals surface area contributed by atoms with Gasteiger partial charge in [0.05, 0.1) is 11.5 Å². The normalized spacial score (nSPS) is 29.8. The Labute approximate surface area is 129 Å². The summed E-state index contributed by atoms with van der Waals surface area (Å²) in [5.41, 5.74) is 0.284. The molecule has 0 aromatic heterocycles. The first-order valence-electron chi connectivity index (χ1n) is 7.81. The number of rotatable bonds is 4. The average molecular weight is 303 g/mol. The Balaban J connectivity index is 1.62. The van der Waals surface area contributed by atoms with Crippen LogP contribution in [0.1, 0.15) is 37.7 Å². The minimum absolute atomic E-state index is 0.198. The second-order valence-electron chi connectivity index (χ2n) is 6.41. The molecule has 1 amide bonds. The van der Waals surface area contributed by atoms with Gasteiger partial charge in [-0.2, -0.15) is 0 Å². The Morgan fingerprint density at radius 3 is 2.55 bits per heavy atom. The number of carbonyl (C=O) groups is 2. The molecule has 118 valence electrons. The van der Waals surface area contributed by atoms with Crippen LogP contribution in [-0.2, 0) is 16.1 Å². The van der Waals surface area contributed by atoms with Gasteiger partial charge in [-0.05, 0) is 43.6 Å². The molecule has 0 radical (unpaired) electrons. The third-order valence-electron chi connectivity index (χ3n) is 5.10. The Bertz CT molecular complexity index is 549. The minimum atomic E-state index is -0.812. The zero-order valence-corrected chi connectivity index (χ0v) is 12.5. The number of benzene rings is 1. The van der Waals surface area contributed by atoms with Crippen molar-refractivity contribution in [2.75, 3.05) is 0 Å². The third-order valence-corrected chi connectivity index (χ3v) is 5.10. The largest absolute Gasteiger partial charge is 0.481 e. The lowest BCUT2D eigenvalue weighted by atomic mass is 9.60. The number of amides is 1. The van der Waals surface area contributed by atoms with Crippen LogP contribution in [0.2, 0.25) is 0 Å². The molecule has 3 saturated carbocycles. The summed E-state index contributed by atoms with van der Waals surface area (Å²) in [6, 6.07) is 9.45. The Morgan fingerprint density at radius 1 is 1.23 bits per heavy atom. The maximum Gasteiger partial charge on any atom is 0.407 e. The van der Waals surface area contributed by atoms with Gasteiger partial charge in [-0.3, -0.25) is 4.79 Å². The number of carboxylic acid groups (broad SMARTS) is 1. The Kier molecular flexibility index (Phi) is 4.05. The summed E-state index contributed by atoms with van der Waals surface area (Å²) in [5, 5.41) is 12.3. The van der Waals surface area contributed by atoms with E-state index >= 15 is 0 Å². The number of nitrogens with one attached hydrogen (secondary N) is 1. The molecular formula is C17H21NO4. The summed E-state index contributed by atoms with van der Waals surface area (Å²) in [6.45, 7) is 0.198. The van der Waals surface area contributed by atoms with Gasteiger partial charge in [-0.15, -0.1) is 0 Å². The topological polar surface area (TPSA) is 75.6 Å². The van der Waals surface area contributed by atoms with Crippen molar-refractivity contribution in [2.24, 2.45) is 11.8 Å². The van der Waals surface area contributed by atoms with Crippen molar-refractivity contribution < 1.29 is 19.4 Å². The highest BCUT2D eigenvalue weighted by molar-refractivity contribution is 5.75. The number of fused-ring (bicyclic) bond motifs is 3. The highest BCUT2D eigenvalue weighted by atomic mass is 16.5. The van der Waals surface area contributed by atoms with Gasteiger partial charge >= 0.3 is 12.1 Å². The van der Waals surface area contributed by atoms with E-state index in [0.717, 1.165) is 31.2 Å². The van der Waals surface area contributed by atoms with Crippen molar-refractivity contribution in [3.8, 4) is 0 Å². The molecule has 22 heavy (non-hydrogen) atoms. The van der Waals surface area contributed by atoms with Crippen LogP contribution in [0.5, 0.6) is 0 Å². The maximum absolute atomic E-state index is 12.1. The monoisotopic (exact) mass is 303 g/mol. The first kappa shape index (κ1) is 14.9. The highest BCUT2D eigenvalue weighted by Crippen LogP contribution is 2.48. The molecule has 0 spiro atoms. The summed E-state index contributed by atoms with van der Waals surface area (Å²) < 4.78 is 5.26. The van der Waals surface area contributed by atoms with Crippen LogP contribution in [0.3, 0.4) is 0 Å². The molecule has 3 aliphatic carbocycles. The first-order valence-corrected chi connectivity index (χ1v) is 7.81. The molecule has 5 nitrogen and oxygen atoms in total. The number of ether oxygens (including phenoxy) is 1. The fourth-order valence-electron chi connectivity index (χ4n) is 3.85. The Hall–Kier alpha value is -2.04. The molecule has 0 unspecified atom stereocenters. The van der Waals surface area contributed by atoms with E-state index in [2.05, 4.69) is 5.32 Å². The molecule has 0 aliphatic heterocycles. The summed E-state index contributed by atoms with van der Waals surface area (Å²) in [5.74, 6) is -0.817. The fourth-order valence-corrected chi connectivity index (χ4v) is 3.85. The second kappa shape index (κ2) is 5.99. The highest BCUT2D eigenvalue weighted by Gasteiger charge is 2.52. The predicted octanol–water partition coefficient (Wildman–Crippen LogP) is 2.95. The van der Waals surface area contributed by atoms with Gasteiger partial charge in [-0.1, -0.05) is 30.3 Å². The van der Waals surface area contributed by atoms with Crippen LogP contribution in [-0.4, -0.2) is 22.7 Å². The summed E-state index contributed by atoms with van der Waals surface area (Å²) in [7, 11) is 0. The van der Waals surface area contributed by atoms with E-state index in [9.17, 15) is 14.7 Å². The number of aliphatic carboxylic acids is 1. The van der Waals surface area contributed by atoms with Gasteiger partial charge < -0.3 is 15.2 Å². The number of hydrogen-bond donors (Lipinski definition) is 2. The van der Waals surface area contributed by atoms with Crippen LogP contribution in [0, 0.1) is 11.8 Å². The van der Waals surface area contributed by atoms with Gasteiger partial charge in [0.25, 0.3) is 0 Å². The molecule has 0 saturated heterocycles. The summed E-state index contributed by atoms with van der Waals surface area (Å²) in [4.78, 5) is 23.6. The molecule has 3 fully saturated rings. The molecular weight excluding hydrogens is 282 g/mol. The zero-order chi connectivity index (χ0) is 15.6. The first-order chi connectivity index (χ1) is 10.6. The lowest BCUT2D eigenvalue weighted by Crippen LogP contribution is -2.61. The quantitative estimate of drug-likeness (QED) is 0.896. The molecule has 0 heterocycles. The second-order valence-corrected chi connectivity index (χ2v) is 6.41. The molecule has 2 N–H and O–H groups in total. The van der Waals surface area contributed by atoms with E-state index in [1.165, 1.54) is 0 Å². The van der Waals surface area contributed by atoms with Crippen LogP contribution in [0.4, 0.5) is 4.79 Å². The van der Waals surface area contributed by atoms with Gasteiger partial charge in [-0.25, -0.2) is 4.79 Å². The predicted molar refractivity (Wildman–Crippen MR) is 80.2 cm³/mol. The van der Waals surface area contributed by atoms with E-state index in [1.54, 1.807) is 0 Å². The maximum atomic E-state index is 12.1. The van der Waals surface area contributed by atoms with Crippen molar-refractivity contribution in [1.29, 1.82) is 0 Å². The lowest BCUT2D eigenvalue weighted by Gasteiger charge is -2.50. The molecule has 1 aromatic carbocycles. The van der Waals surface area contributed by atoms with Crippen molar-refractivity contribution in [2.45, 2.75) is 44.2 Å². The van der Waals surface area contributed by atoms with E-state index in [1.807, 2.05) is 30.3 Å². The summed E-state index contributed by atoms with van der Waals surface area (Å²) >= 11 is 0. The van der Waals surface area contributed by atoms with Gasteiger partial charge in [0.1, 0.15) is 6.61 Å². The smallest absolute Gasteiger partial charge is 0.407 e. The third kappa shape index (κ3) is 2.93. The van der Waals surface area contributed by atoms with Gasteiger partial charge in [0, 0.05) is 0 Å². The van der Waals surface area contributed by atoms with Crippen LogP contribution in [0.15, 0.2) is 30.3 Å². The SMILES string of the molecule is O=C(NC12CCC(CC1)C[C@H]2C(=O)O)OCc1ccccc1. The van der Waals surface area contributed by atoms with E-state index in [4.69, 9.17) is 4.74 Å². The molecule has 4 rings (SSSR count).